The summed E-state index contributed by atoms with van der Waals surface area (Å²) in [4.78, 5) is 17.1. The Labute approximate surface area is 144 Å². The average Bonchev–Trinajstić information content (AvgIpc) is 3.01. The predicted octanol–water partition coefficient (Wildman–Crippen LogP) is 5.03. The summed E-state index contributed by atoms with van der Waals surface area (Å²) >= 11 is 9.49. The van der Waals surface area contributed by atoms with Gasteiger partial charge in [0.2, 0.25) is 5.91 Å². The molecule has 0 fully saturated rings. The van der Waals surface area contributed by atoms with Crippen LogP contribution in [0.3, 0.4) is 0 Å². The van der Waals surface area contributed by atoms with Crippen molar-refractivity contribution in [3.63, 3.8) is 0 Å². The molecule has 2 heterocycles. The maximum Gasteiger partial charge on any atom is 0.233 e. The monoisotopic (exact) mass is 351 g/mol. The fraction of sp³-hybridized carbons (Fsp3) is 0.353. The molecule has 0 saturated heterocycles. The maximum absolute atomic E-state index is 12.6. The zero-order valence-electron chi connectivity index (χ0n) is 12.4. The third-order valence-electron chi connectivity index (χ3n) is 3.99. The summed E-state index contributed by atoms with van der Waals surface area (Å²) in [5.41, 5.74) is 1.34. The largest absolute Gasteiger partial charge is 0.335 e. The summed E-state index contributed by atoms with van der Waals surface area (Å²) < 4.78 is 0. The molecular weight excluding hydrogens is 334 g/mol. The number of carbonyl (C=O) groups excluding carboxylic acids is 1. The molecule has 1 unspecified atom stereocenters. The zero-order chi connectivity index (χ0) is 15.5. The molecule has 0 spiro atoms. The second-order valence-electron chi connectivity index (χ2n) is 5.28. The van der Waals surface area contributed by atoms with Crippen LogP contribution in [0.2, 0.25) is 5.02 Å². The Bertz CT molecular complexity index is 670. The first kappa shape index (κ1) is 15.9. The number of halogens is 1. The van der Waals surface area contributed by atoms with Crippen LogP contribution < -0.4 is 0 Å². The molecule has 0 bridgehead atoms. The summed E-state index contributed by atoms with van der Waals surface area (Å²) in [6, 6.07) is 10.1. The van der Waals surface area contributed by atoms with Crippen molar-refractivity contribution in [1.29, 1.82) is 0 Å². The second-order valence-corrected chi connectivity index (χ2v) is 7.70. The number of hydrogen-bond acceptors (Lipinski definition) is 3. The Balaban J connectivity index is 1.69. The number of amides is 1. The molecule has 2 aromatic rings. The van der Waals surface area contributed by atoms with Crippen LogP contribution in [0, 0.1) is 0 Å². The van der Waals surface area contributed by atoms with E-state index in [-0.39, 0.29) is 11.9 Å². The molecule has 1 atom stereocenters. The van der Waals surface area contributed by atoms with Crippen LogP contribution in [0.1, 0.15) is 29.8 Å². The van der Waals surface area contributed by atoms with E-state index in [2.05, 4.69) is 18.4 Å². The second kappa shape index (κ2) is 7.07. The maximum atomic E-state index is 12.6. The van der Waals surface area contributed by atoms with Crippen LogP contribution in [0.15, 0.2) is 40.6 Å². The topological polar surface area (TPSA) is 20.3 Å². The highest BCUT2D eigenvalue weighted by Crippen LogP contribution is 2.36. The van der Waals surface area contributed by atoms with E-state index in [4.69, 9.17) is 11.6 Å². The Morgan fingerprint density at radius 3 is 3.00 bits per heavy atom. The summed E-state index contributed by atoms with van der Waals surface area (Å²) in [7, 11) is 0. The normalized spacial score (nSPS) is 17.4. The number of rotatable bonds is 4. The van der Waals surface area contributed by atoms with Crippen molar-refractivity contribution in [3.8, 4) is 0 Å². The minimum absolute atomic E-state index is 0.202. The first-order valence-corrected chi connectivity index (χ1v) is 9.68. The van der Waals surface area contributed by atoms with Crippen LogP contribution in [0.4, 0.5) is 0 Å². The lowest BCUT2D eigenvalue weighted by atomic mass is 9.98. The number of thioether (sulfide) groups is 1. The van der Waals surface area contributed by atoms with Crippen molar-refractivity contribution < 1.29 is 4.79 Å². The molecule has 0 N–H and O–H groups in total. The first-order valence-electron chi connectivity index (χ1n) is 7.43. The van der Waals surface area contributed by atoms with Crippen LogP contribution in [-0.2, 0) is 11.2 Å². The molecule has 1 aliphatic heterocycles. The molecule has 5 heteroatoms. The van der Waals surface area contributed by atoms with Gasteiger partial charge in [-0.25, -0.2) is 0 Å². The Hall–Kier alpha value is -0.970. The van der Waals surface area contributed by atoms with E-state index in [1.807, 2.05) is 40.5 Å². The fourth-order valence-electron chi connectivity index (χ4n) is 2.92. The highest BCUT2D eigenvalue weighted by molar-refractivity contribution is 8.00. The lowest BCUT2D eigenvalue weighted by Gasteiger charge is -2.35. The molecule has 2 nitrogen and oxygen atoms in total. The van der Waals surface area contributed by atoms with Crippen LogP contribution in [0.25, 0.3) is 0 Å². The van der Waals surface area contributed by atoms with Gasteiger partial charge >= 0.3 is 0 Å². The molecule has 0 saturated carbocycles. The van der Waals surface area contributed by atoms with E-state index < -0.39 is 0 Å². The van der Waals surface area contributed by atoms with Crippen LogP contribution in [-0.4, -0.2) is 23.1 Å². The lowest BCUT2D eigenvalue weighted by molar-refractivity contribution is -0.131. The molecular formula is C17H18ClNOS2. The van der Waals surface area contributed by atoms with Gasteiger partial charge < -0.3 is 4.90 Å². The Kier molecular flexibility index (Phi) is 5.11. The number of fused-ring (bicyclic) bond motifs is 1. The lowest BCUT2D eigenvalue weighted by Crippen LogP contribution is -2.40. The van der Waals surface area contributed by atoms with Crippen molar-refractivity contribution in [1.82, 2.24) is 4.90 Å². The first-order chi connectivity index (χ1) is 10.7. The van der Waals surface area contributed by atoms with E-state index in [1.54, 1.807) is 0 Å². The molecule has 1 aromatic heterocycles. The third kappa shape index (κ3) is 3.19. The van der Waals surface area contributed by atoms with Crippen molar-refractivity contribution in [2.75, 3.05) is 12.3 Å². The molecule has 22 heavy (non-hydrogen) atoms. The van der Waals surface area contributed by atoms with Gasteiger partial charge in [0.15, 0.2) is 0 Å². The smallest absolute Gasteiger partial charge is 0.233 e. The molecule has 1 aromatic carbocycles. The summed E-state index contributed by atoms with van der Waals surface area (Å²) in [5.74, 6) is 0.647. The molecule has 1 aliphatic rings. The standard InChI is InChI=1S/C17H18ClNOS2/c1-2-14-12-8-10-21-15(12)7-9-19(14)17(20)11-22-16-6-4-3-5-13(16)18/h3-6,8,10,14H,2,7,9,11H2,1H3. The molecule has 0 aliphatic carbocycles. The summed E-state index contributed by atoms with van der Waals surface area (Å²) in [5, 5.41) is 2.85. The van der Waals surface area contributed by atoms with Crippen molar-refractivity contribution >= 4 is 40.6 Å². The van der Waals surface area contributed by atoms with Gasteiger partial charge in [-0.2, -0.15) is 0 Å². The van der Waals surface area contributed by atoms with E-state index in [1.165, 1.54) is 22.2 Å². The van der Waals surface area contributed by atoms with Crippen LogP contribution >= 0.6 is 34.7 Å². The Morgan fingerprint density at radius 2 is 2.23 bits per heavy atom. The van der Waals surface area contributed by atoms with Gasteiger partial charge in [-0.15, -0.1) is 23.1 Å². The molecule has 3 rings (SSSR count). The zero-order valence-corrected chi connectivity index (χ0v) is 14.8. The number of carbonyl (C=O) groups is 1. The van der Waals surface area contributed by atoms with Gasteiger partial charge in [-0.3, -0.25) is 4.79 Å². The van der Waals surface area contributed by atoms with Crippen molar-refractivity contribution in [3.05, 3.63) is 51.2 Å². The highest BCUT2D eigenvalue weighted by Gasteiger charge is 2.30. The SMILES string of the molecule is CCC1c2ccsc2CCN1C(=O)CSc1ccccc1Cl. The predicted molar refractivity (Wildman–Crippen MR) is 94.9 cm³/mol. The number of benzene rings is 1. The number of hydrogen-bond donors (Lipinski definition) is 0. The van der Waals surface area contributed by atoms with Crippen LogP contribution in [0.5, 0.6) is 0 Å². The highest BCUT2D eigenvalue weighted by atomic mass is 35.5. The van der Waals surface area contributed by atoms with E-state index >= 15 is 0 Å². The van der Waals surface area contributed by atoms with Gasteiger partial charge in [0, 0.05) is 16.3 Å². The number of nitrogens with zero attached hydrogens (tertiary/aromatic N) is 1. The minimum atomic E-state index is 0.202. The van der Waals surface area contributed by atoms with Gasteiger partial charge in [0.05, 0.1) is 16.8 Å². The van der Waals surface area contributed by atoms with Gasteiger partial charge in [0.25, 0.3) is 0 Å². The third-order valence-corrected chi connectivity index (χ3v) is 6.49. The minimum Gasteiger partial charge on any atom is -0.335 e. The number of thiophene rings is 1. The van der Waals surface area contributed by atoms with E-state index in [0.717, 1.165) is 24.3 Å². The van der Waals surface area contributed by atoms with E-state index in [9.17, 15) is 4.79 Å². The average molecular weight is 352 g/mol. The van der Waals surface area contributed by atoms with Crippen molar-refractivity contribution in [2.24, 2.45) is 0 Å². The van der Waals surface area contributed by atoms with Crippen molar-refractivity contribution in [2.45, 2.75) is 30.7 Å². The molecule has 1 amide bonds. The fourth-order valence-corrected chi connectivity index (χ4v) is 4.97. The van der Waals surface area contributed by atoms with E-state index in [0.29, 0.717) is 10.8 Å². The molecule has 0 radical (unpaired) electrons. The summed E-state index contributed by atoms with van der Waals surface area (Å²) in [6.07, 6.45) is 1.94. The quantitative estimate of drug-likeness (QED) is 0.720. The summed E-state index contributed by atoms with van der Waals surface area (Å²) in [6.45, 7) is 2.98. The van der Waals surface area contributed by atoms with Gasteiger partial charge in [0.1, 0.15) is 0 Å². The Morgan fingerprint density at radius 1 is 1.41 bits per heavy atom. The van der Waals surface area contributed by atoms with Gasteiger partial charge in [-0.1, -0.05) is 30.7 Å². The molecule has 116 valence electrons. The van der Waals surface area contributed by atoms with Gasteiger partial charge in [-0.05, 0) is 42.0 Å².